The Morgan fingerprint density at radius 3 is 3.12 bits per heavy atom. The summed E-state index contributed by atoms with van der Waals surface area (Å²) in [5.41, 5.74) is 0. The van der Waals surface area contributed by atoms with Crippen molar-refractivity contribution in [2.75, 3.05) is 23.4 Å². The second-order valence-corrected chi connectivity index (χ2v) is 7.08. The molecule has 1 N–H and O–H groups in total. The zero-order chi connectivity index (χ0) is 17.2. The molecule has 0 aromatic carbocycles. The summed E-state index contributed by atoms with van der Waals surface area (Å²) in [5, 5.41) is 11.7. The number of rotatable bonds is 4. The van der Waals surface area contributed by atoms with E-state index in [-0.39, 0.29) is 6.10 Å². The van der Waals surface area contributed by atoms with Crippen LogP contribution in [-0.4, -0.2) is 50.0 Å². The fourth-order valence-electron chi connectivity index (χ4n) is 3.62. The summed E-state index contributed by atoms with van der Waals surface area (Å²) in [7, 11) is 0. The number of nitrogens with one attached hydrogen (secondary N) is 1. The second kappa shape index (κ2) is 6.95. The van der Waals surface area contributed by atoms with Crippen LogP contribution in [0.4, 0.5) is 11.8 Å². The number of fused-ring (bicyclic) bond motifs is 1. The van der Waals surface area contributed by atoms with Crippen molar-refractivity contribution in [3.8, 4) is 0 Å². The first-order valence-electron chi connectivity index (χ1n) is 9.03. The highest BCUT2D eigenvalue weighted by atomic mass is 16.5. The molecular weight excluding hydrogens is 318 g/mol. The molecular formula is C17H25N7O. The number of aromatic nitrogens is 5. The highest BCUT2D eigenvalue weighted by Gasteiger charge is 2.29. The molecule has 0 aliphatic carbocycles. The molecule has 0 amide bonds. The molecule has 0 saturated carbocycles. The molecule has 8 nitrogen and oxygen atoms in total. The van der Waals surface area contributed by atoms with Crippen molar-refractivity contribution in [3.05, 3.63) is 24.4 Å². The summed E-state index contributed by atoms with van der Waals surface area (Å²) in [6.07, 6.45) is 6.01. The van der Waals surface area contributed by atoms with Crippen molar-refractivity contribution in [2.45, 2.75) is 51.9 Å². The van der Waals surface area contributed by atoms with Crippen LogP contribution in [0, 0.1) is 5.92 Å². The Bertz CT molecular complexity index is 717. The molecule has 4 heterocycles. The third kappa shape index (κ3) is 3.44. The predicted octanol–water partition coefficient (Wildman–Crippen LogP) is 1.70. The van der Waals surface area contributed by atoms with Gasteiger partial charge in [0, 0.05) is 25.9 Å². The molecule has 2 aliphatic heterocycles. The first kappa shape index (κ1) is 16.3. The lowest BCUT2D eigenvalue weighted by atomic mass is 9.94. The minimum atomic E-state index is 0.223. The number of hydrogen-bond acceptors (Lipinski definition) is 7. The van der Waals surface area contributed by atoms with E-state index in [4.69, 9.17) is 9.72 Å². The van der Waals surface area contributed by atoms with E-state index in [9.17, 15) is 0 Å². The summed E-state index contributed by atoms with van der Waals surface area (Å²) < 4.78 is 8.04. The van der Waals surface area contributed by atoms with Gasteiger partial charge in [-0.3, -0.25) is 0 Å². The van der Waals surface area contributed by atoms with Crippen molar-refractivity contribution in [2.24, 2.45) is 5.92 Å². The lowest BCUT2D eigenvalue weighted by Crippen LogP contribution is -2.43. The standard InChI is InChI=1S/C17H25N7O/c1-12(2)16-13(4-3-9-25-16)20-14-5-6-18-17(21-14)23-7-8-24-11-19-22-15(24)10-23/h5-6,11-13,16H,3-4,7-10H2,1-2H3,(H,18,20,21)/t13-,16-/m0/s1. The highest BCUT2D eigenvalue weighted by molar-refractivity contribution is 5.42. The smallest absolute Gasteiger partial charge is 0.227 e. The molecule has 25 heavy (non-hydrogen) atoms. The van der Waals surface area contributed by atoms with Crippen LogP contribution in [0.1, 0.15) is 32.5 Å². The fraction of sp³-hybridized carbons (Fsp3) is 0.647. The van der Waals surface area contributed by atoms with E-state index < -0.39 is 0 Å². The minimum absolute atomic E-state index is 0.223. The first-order chi connectivity index (χ1) is 12.2. The van der Waals surface area contributed by atoms with E-state index in [1.54, 1.807) is 6.33 Å². The maximum absolute atomic E-state index is 5.97. The Hall–Kier alpha value is -2.22. The molecule has 1 fully saturated rings. The van der Waals surface area contributed by atoms with Crippen molar-refractivity contribution in [3.63, 3.8) is 0 Å². The van der Waals surface area contributed by atoms with E-state index in [0.29, 0.717) is 18.5 Å². The largest absolute Gasteiger partial charge is 0.376 e. The van der Waals surface area contributed by atoms with Gasteiger partial charge in [-0.05, 0) is 24.8 Å². The van der Waals surface area contributed by atoms with Gasteiger partial charge in [0.2, 0.25) is 5.95 Å². The van der Waals surface area contributed by atoms with Gasteiger partial charge >= 0.3 is 0 Å². The predicted molar refractivity (Wildman–Crippen MR) is 94.3 cm³/mol. The van der Waals surface area contributed by atoms with Gasteiger partial charge in [-0.1, -0.05) is 13.8 Å². The van der Waals surface area contributed by atoms with Gasteiger partial charge < -0.3 is 19.5 Å². The molecule has 2 aliphatic rings. The number of hydrogen-bond donors (Lipinski definition) is 1. The van der Waals surface area contributed by atoms with Gasteiger partial charge in [0.25, 0.3) is 0 Å². The third-order valence-corrected chi connectivity index (χ3v) is 4.92. The van der Waals surface area contributed by atoms with Crippen LogP contribution in [0.3, 0.4) is 0 Å². The summed E-state index contributed by atoms with van der Waals surface area (Å²) in [4.78, 5) is 11.3. The van der Waals surface area contributed by atoms with Crippen LogP contribution in [-0.2, 0) is 17.8 Å². The quantitative estimate of drug-likeness (QED) is 0.905. The van der Waals surface area contributed by atoms with Gasteiger partial charge in [0.1, 0.15) is 12.1 Å². The van der Waals surface area contributed by atoms with E-state index >= 15 is 0 Å². The molecule has 2 aromatic rings. The van der Waals surface area contributed by atoms with Crippen LogP contribution < -0.4 is 10.2 Å². The van der Waals surface area contributed by atoms with Crippen LogP contribution in [0.5, 0.6) is 0 Å². The second-order valence-electron chi connectivity index (χ2n) is 7.08. The third-order valence-electron chi connectivity index (χ3n) is 4.92. The molecule has 0 unspecified atom stereocenters. The molecule has 134 valence electrons. The van der Waals surface area contributed by atoms with Crippen LogP contribution in [0.15, 0.2) is 18.6 Å². The van der Waals surface area contributed by atoms with E-state index in [1.807, 2.05) is 12.3 Å². The molecule has 2 atom stereocenters. The molecule has 0 radical (unpaired) electrons. The zero-order valence-electron chi connectivity index (χ0n) is 14.8. The van der Waals surface area contributed by atoms with Gasteiger partial charge in [0.15, 0.2) is 5.82 Å². The number of anilines is 2. The van der Waals surface area contributed by atoms with Crippen LogP contribution >= 0.6 is 0 Å². The number of ether oxygens (including phenoxy) is 1. The summed E-state index contributed by atoms with van der Waals surface area (Å²) in [5.74, 6) is 3.02. The van der Waals surface area contributed by atoms with E-state index in [0.717, 1.165) is 50.1 Å². The molecule has 1 saturated heterocycles. The van der Waals surface area contributed by atoms with Crippen LogP contribution in [0.2, 0.25) is 0 Å². The maximum Gasteiger partial charge on any atom is 0.227 e. The van der Waals surface area contributed by atoms with Crippen molar-refractivity contribution < 1.29 is 4.74 Å². The minimum Gasteiger partial charge on any atom is -0.376 e. The zero-order valence-corrected chi connectivity index (χ0v) is 14.8. The first-order valence-corrected chi connectivity index (χ1v) is 9.03. The lowest BCUT2D eigenvalue weighted by molar-refractivity contribution is -0.0203. The molecule has 4 rings (SSSR count). The van der Waals surface area contributed by atoms with Crippen LogP contribution in [0.25, 0.3) is 0 Å². The monoisotopic (exact) mass is 343 g/mol. The molecule has 8 heteroatoms. The maximum atomic E-state index is 5.97. The Balaban J connectivity index is 1.48. The molecule has 0 bridgehead atoms. The van der Waals surface area contributed by atoms with Gasteiger partial charge in [-0.2, -0.15) is 4.98 Å². The Morgan fingerprint density at radius 1 is 1.32 bits per heavy atom. The average Bonchev–Trinajstić information content (AvgIpc) is 3.10. The fourth-order valence-corrected chi connectivity index (χ4v) is 3.62. The van der Waals surface area contributed by atoms with Crippen molar-refractivity contribution in [1.82, 2.24) is 24.7 Å². The summed E-state index contributed by atoms with van der Waals surface area (Å²) in [6.45, 7) is 7.67. The lowest BCUT2D eigenvalue weighted by Gasteiger charge is -2.35. The summed E-state index contributed by atoms with van der Waals surface area (Å²) >= 11 is 0. The Labute approximate surface area is 147 Å². The van der Waals surface area contributed by atoms with E-state index in [1.165, 1.54) is 0 Å². The van der Waals surface area contributed by atoms with Gasteiger partial charge in [0.05, 0.1) is 18.7 Å². The number of nitrogens with zero attached hydrogens (tertiary/aromatic N) is 6. The highest BCUT2D eigenvalue weighted by Crippen LogP contribution is 2.24. The topological polar surface area (TPSA) is 81.0 Å². The Morgan fingerprint density at radius 2 is 2.24 bits per heavy atom. The SMILES string of the molecule is CC(C)[C@@H]1OCCC[C@@H]1Nc1ccnc(N2CCn3cnnc3C2)n1. The molecule has 0 spiro atoms. The Kier molecular flexibility index (Phi) is 4.52. The average molecular weight is 343 g/mol. The summed E-state index contributed by atoms with van der Waals surface area (Å²) in [6, 6.07) is 2.23. The normalized spacial score (nSPS) is 23.6. The van der Waals surface area contributed by atoms with Gasteiger partial charge in [-0.15, -0.1) is 10.2 Å². The van der Waals surface area contributed by atoms with Crippen molar-refractivity contribution in [1.29, 1.82) is 0 Å². The van der Waals surface area contributed by atoms with Gasteiger partial charge in [-0.25, -0.2) is 4.98 Å². The molecule has 2 aromatic heterocycles. The van der Waals surface area contributed by atoms with Crippen molar-refractivity contribution >= 4 is 11.8 Å². The van der Waals surface area contributed by atoms with E-state index in [2.05, 4.69) is 43.8 Å².